The minimum atomic E-state index is -0.836. The summed E-state index contributed by atoms with van der Waals surface area (Å²) in [4.78, 5) is 15.4. The predicted octanol–water partition coefficient (Wildman–Crippen LogP) is 3.32. The second kappa shape index (κ2) is 7.68. The number of hydrogen-bond acceptors (Lipinski definition) is 5. The molecular formula is C21H31BF2N2O4. The number of anilines is 1. The van der Waals surface area contributed by atoms with Crippen LogP contribution in [0, 0.1) is 11.6 Å². The molecule has 9 heteroatoms. The van der Waals surface area contributed by atoms with Crippen LogP contribution in [-0.4, -0.2) is 61.1 Å². The summed E-state index contributed by atoms with van der Waals surface area (Å²) in [6.45, 7) is 14.2. The van der Waals surface area contributed by atoms with Crippen LogP contribution >= 0.6 is 0 Å². The van der Waals surface area contributed by atoms with Crippen molar-refractivity contribution in [3.63, 3.8) is 0 Å². The maximum atomic E-state index is 14.9. The van der Waals surface area contributed by atoms with Crippen molar-refractivity contribution in [3.05, 3.63) is 23.8 Å². The van der Waals surface area contributed by atoms with Crippen molar-refractivity contribution in [1.29, 1.82) is 0 Å². The Kier molecular flexibility index (Phi) is 5.84. The van der Waals surface area contributed by atoms with E-state index < -0.39 is 41.6 Å². The normalized spacial score (nSPS) is 21.2. The van der Waals surface area contributed by atoms with E-state index in [1.54, 1.807) is 30.6 Å². The van der Waals surface area contributed by atoms with Crippen LogP contribution in [0.1, 0.15) is 48.5 Å². The molecule has 0 aliphatic carbocycles. The summed E-state index contributed by atoms with van der Waals surface area (Å²) < 4.78 is 47.0. The van der Waals surface area contributed by atoms with E-state index in [4.69, 9.17) is 14.0 Å². The first kappa shape index (κ1) is 22.8. The number of halogens is 2. The molecular weight excluding hydrogens is 393 g/mol. The number of carbonyl (C=O) groups is 1. The van der Waals surface area contributed by atoms with Crippen molar-refractivity contribution in [2.45, 2.75) is 65.3 Å². The SMILES string of the molecule is CC(C)(C)OC(=O)N1CCN(c2c(F)cc(B3OC(C)(C)C(C)(C)O3)cc2F)CC1. The van der Waals surface area contributed by atoms with E-state index in [0.29, 0.717) is 31.6 Å². The monoisotopic (exact) mass is 424 g/mol. The van der Waals surface area contributed by atoms with Crippen LogP contribution in [0.3, 0.4) is 0 Å². The number of rotatable bonds is 2. The maximum absolute atomic E-state index is 14.9. The molecule has 0 bridgehead atoms. The maximum Gasteiger partial charge on any atom is 0.495 e. The van der Waals surface area contributed by atoms with E-state index in [1.165, 1.54) is 12.1 Å². The number of carbonyl (C=O) groups excluding carboxylic acids is 1. The Balaban J connectivity index is 1.71. The van der Waals surface area contributed by atoms with Gasteiger partial charge in [-0.1, -0.05) is 0 Å². The number of benzene rings is 1. The molecule has 1 amide bonds. The molecule has 2 heterocycles. The Morgan fingerprint density at radius 3 is 1.90 bits per heavy atom. The minimum Gasteiger partial charge on any atom is -0.444 e. The van der Waals surface area contributed by atoms with Crippen molar-refractivity contribution in [3.8, 4) is 0 Å². The first-order valence-corrected chi connectivity index (χ1v) is 10.3. The molecule has 166 valence electrons. The summed E-state index contributed by atoms with van der Waals surface area (Å²) in [7, 11) is -0.836. The van der Waals surface area contributed by atoms with E-state index in [-0.39, 0.29) is 5.69 Å². The highest BCUT2D eigenvalue weighted by Gasteiger charge is 2.52. The second-order valence-corrected chi connectivity index (χ2v) is 9.88. The minimum absolute atomic E-state index is 0.0980. The van der Waals surface area contributed by atoms with Crippen molar-refractivity contribution in [1.82, 2.24) is 4.90 Å². The van der Waals surface area contributed by atoms with Crippen LogP contribution in [0.4, 0.5) is 19.3 Å². The fraction of sp³-hybridized carbons (Fsp3) is 0.667. The zero-order chi connectivity index (χ0) is 22.5. The van der Waals surface area contributed by atoms with Gasteiger partial charge in [-0.2, -0.15) is 0 Å². The Labute approximate surface area is 177 Å². The largest absolute Gasteiger partial charge is 0.495 e. The highest BCUT2D eigenvalue weighted by molar-refractivity contribution is 6.62. The lowest BCUT2D eigenvalue weighted by atomic mass is 9.79. The van der Waals surface area contributed by atoms with Crippen LogP contribution in [0.5, 0.6) is 0 Å². The first-order valence-electron chi connectivity index (χ1n) is 10.3. The summed E-state index contributed by atoms with van der Waals surface area (Å²) in [5, 5.41) is 0. The second-order valence-electron chi connectivity index (χ2n) is 9.88. The van der Waals surface area contributed by atoms with Gasteiger partial charge in [-0.25, -0.2) is 13.6 Å². The number of amides is 1. The molecule has 0 saturated carbocycles. The van der Waals surface area contributed by atoms with Crippen LogP contribution < -0.4 is 10.4 Å². The molecule has 0 N–H and O–H groups in total. The number of piperazine rings is 1. The van der Waals surface area contributed by atoms with Gasteiger partial charge in [0.2, 0.25) is 0 Å². The van der Waals surface area contributed by atoms with Crippen LogP contribution in [0.2, 0.25) is 0 Å². The third-order valence-electron chi connectivity index (χ3n) is 5.81. The van der Waals surface area contributed by atoms with Crippen molar-refractivity contribution >= 4 is 24.4 Å². The molecule has 0 radical (unpaired) electrons. The third-order valence-corrected chi connectivity index (χ3v) is 5.81. The lowest BCUT2D eigenvalue weighted by Crippen LogP contribution is -2.50. The highest BCUT2D eigenvalue weighted by atomic mass is 19.1. The number of hydrogen-bond donors (Lipinski definition) is 0. The Bertz CT molecular complexity index is 779. The van der Waals surface area contributed by atoms with Crippen LogP contribution in [-0.2, 0) is 14.0 Å². The average molecular weight is 424 g/mol. The number of nitrogens with zero attached hydrogens (tertiary/aromatic N) is 2. The molecule has 0 aromatic heterocycles. The van der Waals surface area contributed by atoms with Crippen molar-refractivity contribution in [2.75, 3.05) is 31.1 Å². The Morgan fingerprint density at radius 2 is 1.47 bits per heavy atom. The van der Waals surface area contributed by atoms with Gasteiger partial charge in [0.15, 0.2) is 0 Å². The topological polar surface area (TPSA) is 51.2 Å². The fourth-order valence-corrected chi connectivity index (χ4v) is 3.44. The molecule has 1 aromatic rings. The van der Waals surface area contributed by atoms with Gasteiger partial charge in [0, 0.05) is 26.2 Å². The van der Waals surface area contributed by atoms with Crippen LogP contribution in [0.25, 0.3) is 0 Å². The first-order chi connectivity index (χ1) is 13.7. The lowest BCUT2D eigenvalue weighted by molar-refractivity contribution is 0.00578. The summed E-state index contributed by atoms with van der Waals surface area (Å²) >= 11 is 0. The molecule has 0 unspecified atom stereocenters. The van der Waals surface area contributed by atoms with E-state index in [9.17, 15) is 13.6 Å². The zero-order valence-corrected chi connectivity index (χ0v) is 18.8. The number of ether oxygens (including phenoxy) is 1. The summed E-state index contributed by atoms with van der Waals surface area (Å²) in [6.07, 6.45) is -0.417. The zero-order valence-electron chi connectivity index (χ0n) is 18.8. The van der Waals surface area contributed by atoms with Gasteiger partial charge in [0.25, 0.3) is 0 Å². The summed E-state index contributed by atoms with van der Waals surface area (Å²) in [6, 6.07) is 2.53. The van der Waals surface area contributed by atoms with E-state index in [0.717, 1.165) is 0 Å². The Hall–Kier alpha value is -1.87. The van der Waals surface area contributed by atoms with Gasteiger partial charge < -0.3 is 23.8 Å². The van der Waals surface area contributed by atoms with Gasteiger partial charge in [-0.3, -0.25) is 0 Å². The summed E-state index contributed by atoms with van der Waals surface area (Å²) in [5.41, 5.74) is -1.57. The van der Waals surface area contributed by atoms with Gasteiger partial charge in [0.1, 0.15) is 22.9 Å². The molecule has 2 saturated heterocycles. The van der Waals surface area contributed by atoms with Gasteiger partial charge in [-0.15, -0.1) is 0 Å². The molecule has 2 aliphatic rings. The molecule has 0 spiro atoms. The fourth-order valence-electron chi connectivity index (χ4n) is 3.44. The highest BCUT2D eigenvalue weighted by Crippen LogP contribution is 2.37. The van der Waals surface area contributed by atoms with E-state index >= 15 is 0 Å². The van der Waals surface area contributed by atoms with Crippen LogP contribution in [0.15, 0.2) is 12.1 Å². The average Bonchev–Trinajstić information content (AvgIpc) is 2.81. The molecule has 6 nitrogen and oxygen atoms in total. The Morgan fingerprint density at radius 1 is 1.00 bits per heavy atom. The predicted molar refractivity (Wildman–Crippen MR) is 112 cm³/mol. The van der Waals surface area contributed by atoms with Crippen molar-refractivity contribution < 1.29 is 27.6 Å². The van der Waals surface area contributed by atoms with Crippen molar-refractivity contribution in [2.24, 2.45) is 0 Å². The molecule has 2 fully saturated rings. The molecule has 2 aliphatic heterocycles. The van der Waals surface area contributed by atoms with Gasteiger partial charge in [-0.05, 0) is 66.1 Å². The molecule has 30 heavy (non-hydrogen) atoms. The van der Waals surface area contributed by atoms with Gasteiger partial charge >= 0.3 is 13.2 Å². The smallest absolute Gasteiger partial charge is 0.444 e. The molecule has 3 rings (SSSR count). The van der Waals surface area contributed by atoms with E-state index in [1.807, 2.05) is 27.7 Å². The quantitative estimate of drug-likeness (QED) is 0.682. The van der Waals surface area contributed by atoms with Gasteiger partial charge in [0.05, 0.1) is 11.2 Å². The van der Waals surface area contributed by atoms with E-state index in [2.05, 4.69) is 0 Å². The molecule has 1 aromatic carbocycles. The molecule has 0 atom stereocenters. The lowest BCUT2D eigenvalue weighted by Gasteiger charge is -2.37. The summed E-state index contributed by atoms with van der Waals surface area (Å²) in [5.74, 6) is -1.35. The third kappa shape index (κ3) is 4.57. The standard InChI is InChI=1S/C21H31BF2N2O4/c1-19(2,3)28-18(27)26-10-8-25(9-11-26)17-15(23)12-14(13-16(17)24)22-29-20(4,5)21(6,7)30-22/h12-13H,8-11H2,1-7H3.